The molecule has 1 fully saturated rings. The van der Waals surface area contributed by atoms with E-state index in [2.05, 4.69) is 37.1 Å². The number of nitrogens with one attached hydrogen (secondary N) is 1. The third-order valence-electron chi connectivity index (χ3n) is 4.30. The molecular formula is C17H27ClN2. The van der Waals surface area contributed by atoms with Crippen molar-refractivity contribution in [2.24, 2.45) is 11.8 Å². The van der Waals surface area contributed by atoms with E-state index in [-0.39, 0.29) is 5.54 Å². The Balaban J connectivity index is 2.04. The topological polar surface area (TPSA) is 24.9 Å². The highest BCUT2D eigenvalue weighted by Gasteiger charge is 2.26. The first-order valence-corrected chi connectivity index (χ1v) is 8.17. The van der Waals surface area contributed by atoms with Gasteiger partial charge in [-0.15, -0.1) is 0 Å². The van der Waals surface area contributed by atoms with Gasteiger partial charge in [-0.25, -0.2) is 0 Å². The second kappa shape index (κ2) is 6.91. The van der Waals surface area contributed by atoms with Crippen molar-refractivity contribution in [2.45, 2.75) is 58.4 Å². The van der Waals surface area contributed by atoms with Crippen LogP contribution in [0.5, 0.6) is 0 Å². The first kappa shape index (κ1) is 15.8. The SMILES string of the molecule is CC(C)(C)NCC(Cc1ccncc1Cl)C1CCCC1. The maximum absolute atomic E-state index is 6.28. The van der Waals surface area contributed by atoms with Crippen molar-refractivity contribution in [3.63, 3.8) is 0 Å². The van der Waals surface area contributed by atoms with Gasteiger partial charge < -0.3 is 5.32 Å². The Morgan fingerprint density at radius 2 is 2.05 bits per heavy atom. The van der Waals surface area contributed by atoms with E-state index in [4.69, 9.17) is 11.6 Å². The van der Waals surface area contributed by atoms with Crippen LogP contribution in [0.15, 0.2) is 18.5 Å². The fourth-order valence-corrected chi connectivity index (χ4v) is 3.32. The standard InChI is InChI=1S/C17H27ClN2/c1-17(2,3)20-11-15(13-6-4-5-7-13)10-14-8-9-19-12-16(14)18/h8-9,12-13,15,20H,4-7,10-11H2,1-3H3. The number of rotatable bonds is 5. The summed E-state index contributed by atoms with van der Waals surface area (Å²) in [6.07, 6.45) is 10.2. The molecule has 1 aromatic rings. The summed E-state index contributed by atoms with van der Waals surface area (Å²) in [6.45, 7) is 7.78. The summed E-state index contributed by atoms with van der Waals surface area (Å²) in [6, 6.07) is 2.07. The molecule has 3 heteroatoms. The van der Waals surface area contributed by atoms with Gasteiger partial charge in [0.1, 0.15) is 0 Å². The first-order chi connectivity index (χ1) is 9.46. The van der Waals surface area contributed by atoms with Gasteiger partial charge in [-0.1, -0.05) is 37.3 Å². The van der Waals surface area contributed by atoms with Crippen LogP contribution in [0.25, 0.3) is 0 Å². The molecule has 1 heterocycles. The van der Waals surface area contributed by atoms with E-state index in [0.717, 1.165) is 23.9 Å². The van der Waals surface area contributed by atoms with E-state index < -0.39 is 0 Å². The van der Waals surface area contributed by atoms with Gasteiger partial charge in [-0.05, 0) is 57.2 Å². The average molecular weight is 295 g/mol. The van der Waals surface area contributed by atoms with Crippen LogP contribution < -0.4 is 5.32 Å². The molecule has 1 aromatic heterocycles. The van der Waals surface area contributed by atoms with Crippen LogP contribution >= 0.6 is 11.6 Å². The highest BCUT2D eigenvalue weighted by Crippen LogP contribution is 2.34. The maximum atomic E-state index is 6.28. The molecule has 1 aliphatic carbocycles. The van der Waals surface area contributed by atoms with Crippen molar-refractivity contribution in [1.29, 1.82) is 0 Å². The number of nitrogens with zero attached hydrogens (tertiary/aromatic N) is 1. The van der Waals surface area contributed by atoms with Gasteiger partial charge in [0.05, 0.1) is 5.02 Å². The molecule has 0 amide bonds. The molecule has 1 atom stereocenters. The zero-order valence-corrected chi connectivity index (χ0v) is 13.7. The molecule has 1 aliphatic rings. The molecule has 2 rings (SSSR count). The van der Waals surface area contributed by atoms with Crippen molar-refractivity contribution >= 4 is 11.6 Å². The molecule has 1 unspecified atom stereocenters. The smallest absolute Gasteiger partial charge is 0.0621 e. The summed E-state index contributed by atoms with van der Waals surface area (Å²) in [5, 5.41) is 4.49. The Labute approximate surface area is 128 Å². The van der Waals surface area contributed by atoms with Gasteiger partial charge in [0.25, 0.3) is 0 Å². The lowest BCUT2D eigenvalue weighted by Crippen LogP contribution is -2.41. The quantitative estimate of drug-likeness (QED) is 0.866. The Morgan fingerprint density at radius 1 is 1.35 bits per heavy atom. The van der Waals surface area contributed by atoms with E-state index in [0.29, 0.717) is 5.92 Å². The summed E-state index contributed by atoms with van der Waals surface area (Å²) >= 11 is 6.28. The van der Waals surface area contributed by atoms with Crippen LogP contribution in [0.4, 0.5) is 0 Å². The van der Waals surface area contributed by atoms with Crippen molar-refractivity contribution in [2.75, 3.05) is 6.54 Å². The Bertz CT molecular complexity index is 419. The normalized spacial score (nSPS) is 18.4. The predicted octanol–water partition coefficient (Wildman–Crippen LogP) is 4.47. The Kier molecular flexibility index (Phi) is 5.45. The van der Waals surface area contributed by atoms with Crippen LogP contribution in [0, 0.1) is 11.8 Å². The van der Waals surface area contributed by atoms with Crippen LogP contribution in [-0.4, -0.2) is 17.1 Å². The minimum atomic E-state index is 0.179. The van der Waals surface area contributed by atoms with E-state index in [1.807, 2.05) is 6.20 Å². The lowest BCUT2D eigenvalue weighted by Gasteiger charge is -2.29. The van der Waals surface area contributed by atoms with Crippen molar-refractivity contribution in [3.05, 3.63) is 29.0 Å². The fraction of sp³-hybridized carbons (Fsp3) is 0.706. The summed E-state index contributed by atoms with van der Waals surface area (Å²) < 4.78 is 0. The van der Waals surface area contributed by atoms with Gasteiger partial charge in [0.2, 0.25) is 0 Å². The number of aromatic nitrogens is 1. The molecule has 20 heavy (non-hydrogen) atoms. The minimum absolute atomic E-state index is 0.179. The zero-order chi connectivity index (χ0) is 14.6. The van der Waals surface area contributed by atoms with E-state index in [1.54, 1.807) is 6.20 Å². The molecule has 1 saturated carbocycles. The van der Waals surface area contributed by atoms with Crippen molar-refractivity contribution in [1.82, 2.24) is 10.3 Å². The molecule has 0 saturated heterocycles. The fourth-order valence-electron chi connectivity index (χ4n) is 3.12. The first-order valence-electron chi connectivity index (χ1n) is 7.79. The van der Waals surface area contributed by atoms with Crippen LogP contribution in [-0.2, 0) is 6.42 Å². The summed E-state index contributed by atoms with van der Waals surface area (Å²) in [4.78, 5) is 4.09. The molecular weight excluding hydrogens is 268 g/mol. The summed E-state index contributed by atoms with van der Waals surface area (Å²) in [7, 11) is 0. The van der Waals surface area contributed by atoms with Gasteiger partial charge in [0.15, 0.2) is 0 Å². The second-order valence-electron chi connectivity index (χ2n) is 7.11. The number of halogens is 1. The van der Waals surface area contributed by atoms with Gasteiger partial charge in [-0.2, -0.15) is 0 Å². The molecule has 0 spiro atoms. The average Bonchev–Trinajstić information content (AvgIpc) is 2.89. The molecule has 2 nitrogen and oxygen atoms in total. The second-order valence-corrected chi connectivity index (χ2v) is 7.51. The van der Waals surface area contributed by atoms with Gasteiger partial charge >= 0.3 is 0 Å². The van der Waals surface area contributed by atoms with E-state index in [1.165, 1.54) is 31.2 Å². The zero-order valence-electron chi connectivity index (χ0n) is 13.0. The number of hydrogen-bond acceptors (Lipinski definition) is 2. The van der Waals surface area contributed by atoms with Crippen LogP contribution in [0.3, 0.4) is 0 Å². The molecule has 1 N–H and O–H groups in total. The van der Waals surface area contributed by atoms with Gasteiger partial charge in [-0.3, -0.25) is 4.98 Å². The minimum Gasteiger partial charge on any atom is -0.312 e. The molecule has 0 radical (unpaired) electrons. The largest absolute Gasteiger partial charge is 0.312 e. The van der Waals surface area contributed by atoms with Gasteiger partial charge in [0, 0.05) is 17.9 Å². The Morgan fingerprint density at radius 3 is 2.65 bits per heavy atom. The predicted molar refractivity (Wildman–Crippen MR) is 86.2 cm³/mol. The Hall–Kier alpha value is -0.600. The molecule has 0 aromatic carbocycles. The van der Waals surface area contributed by atoms with E-state index >= 15 is 0 Å². The van der Waals surface area contributed by atoms with Crippen molar-refractivity contribution < 1.29 is 0 Å². The van der Waals surface area contributed by atoms with E-state index in [9.17, 15) is 0 Å². The lowest BCUT2D eigenvalue weighted by molar-refractivity contribution is 0.286. The molecule has 112 valence electrons. The third kappa shape index (κ3) is 4.75. The molecule has 0 aliphatic heterocycles. The van der Waals surface area contributed by atoms with Crippen LogP contribution in [0.1, 0.15) is 52.0 Å². The monoisotopic (exact) mass is 294 g/mol. The highest BCUT2D eigenvalue weighted by atomic mass is 35.5. The summed E-state index contributed by atoms with van der Waals surface area (Å²) in [5.74, 6) is 1.52. The molecule has 0 bridgehead atoms. The van der Waals surface area contributed by atoms with Crippen LogP contribution in [0.2, 0.25) is 5.02 Å². The lowest BCUT2D eigenvalue weighted by atomic mass is 9.85. The summed E-state index contributed by atoms with van der Waals surface area (Å²) in [5.41, 5.74) is 1.42. The highest BCUT2D eigenvalue weighted by molar-refractivity contribution is 6.31. The van der Waals surface area contributed by atoms with Crippen molar-refractivity contribution in [3.8, 4) is 0 Å². The number of hydrogen-bond donors (Lipinski definition) is 1. The maximum Gasteiger partial charge on any atom is 0.0621 e. The number of pyridine rings is 1. The third-order valence-corrected chi connectivity index (χ3v) is 4.64.